The second-order valence-electron chi connectivity index (χ2n) is 4.22. The molecule has 4 heteroatoms. The molecule has 0 radical (unpaired) electrons. The molecule has 4 nitrogen and oxygen atoms in total. The number of aromatic nitrogens is 2. The highest BCUT2D eigenvalue weighted by atomic mass is 16.3. The zero-order valence-electron chi connectivity index (χ0n) is 10.7. The lowest BCUT2D eigenvalue weighted by Crippen LogP contribution is -1.89. The molecule has 2 aromatic rings. The lowest BCUT2D eigenvalue weighted by molar-refractivity contribution is 0.467. The average Bonchev–Trinajstić information content (AvgIpc) is 2.37. The van der Waals surface area contributed by atoms with Crippen LogP contribution in [-0.2, 0) is 0 Å². The van der Waals surface area contributed by atoms with Crippen LogP contribution < -0.4 is 0 Å². The molecular formula is C14H15N3O. The van der Waals surface area contributed by atoms with Crippen molar-refractivity contribution in [3.63, 3.8) is 0 Å². The van der Waals surface area contributed by atoms with E-state index >= 15 is 0 Å². The number of aliphatic imine (C=N–C) groups is 1. The molecule has 0 aliphatic carbocycles. The zero-order chi connectivity index (χ0) is 13.1. The van der Waals surface area contributed by atoms with Crippen LogP contribution in [0.1, 0.15) is 22.4 Å². The van der Waals surface area contributed by atoms with Gasteiger partial charge in [-0.3, -0.25) is 15.0 Å². The van der Waals surface area contributed by atoms with Crippen LogP contribution in [0, 0.1) is 20.8 Å². The Morgan fingerprint density at radius 1 is 1.17 bits per heavy atom. The van der Waals surface area contributed by atoms with E-state index in [1.165, 1.54) is 0 Å². The Morgan fingerprint density at radius 3 is 2.61 bits per heavy atom. The van der Waals surface area contributed by atoms with Crippen LogP contribution in [0.4, 0.5) is 5.69 Å². The van der Waals surface area contributed by atoms with Gasteiger partial charge in [0.05, 0.1) is 23.8 Å². The second kappa shape index (κ2) is 4.96. The Balaban J connectivity index is 2.41. The summed E-state index contributed by atoms with van der Waals surface area (Å²) >= 11 is 0. The number of hydrogen-bond acceptors (Lipinski definition) is 4. The van der Waals surface area contributed by atoms with Crippen molar-refractivity contribution in [3.8, 4) is 5.75 Å². The monoisotopic (exact) mass is 241 g/mol. The lowest BCUT2D eigenvalue weighted by atomic mass is 10.0. The van der Waals surface area contributed by atoms with Gasteiger partial charge < -0.3 is 5.11 Å². The molecule has 1 N–H and O–H groups in total. The first-order valence-electron chi connectivity index (χ1n) is 5.69. The van der Waals surface area contributed by atoms with Crippen LogP contribution >= 0.6 is 0 Å². The third-order valence-electron chi connectivity index (χ3n) is 2.80. The lowest BCUT2D eigenvalue weighted by Gasteiger charge is -2.09. The largest absolute Gasteiger partial charge is 0.507 e. The fourth-order valence-electron chi connectivity index (χ4n) is 1.87. The summed E-state index contributed by atoms with van der Waals surface area (Å²) in [6.45, 7) is 5.72. The van der Waals surface area contributed by atoms with Gasteiger partial charge in [-0.05, 0) is 31.9 Å². The van der Waals surface area contributed by atoms with Gasteiger partial charge in [-0.25, -0.2) is 0 Å². The van der Waals surface area contributed by atoms with Crippen LogP contribution in [0.25, 0.3) is 0 Å². The van der Waals surface area contributed by atoms with Crippen LogP contribution in [0.5, 0.6) is 5.75 Å². The van der Waals surface area contributed by atoms with Gasteiger partial charge in [-0.15, -0.1) is 0 Å². The highest BCUT2D eigenvalue weighted by Crippen LogP contribution is 2.33. The van der Waals surface area contributed by atoms with E-state index < -0.39 is 0 Å². The topological polar surface area (TPSA) is 58.4 Å². The van der Waals surface area contributed by atoms with E-state index in [2.05, 4.69) is 15.0 Å². The summed E-state index contributed by atoms with van der Waals surface area (Å²) in [5, 5.41) is 9.91. The van der Waals surface area contributed by atoms with Crippen molar-refractivity contribution in [2.75, 3.05) is 0 Å². The van der Waals surface area contributed by atoms with Crippen molar-refractivity contribution in [2.24, 2.45) is 4.99 Å². The van der Waals surface area contributed by atoms with E-state index in [1.807, 2.05) is 26.8 Å². The SMILES string of the molecule is Cc1cc(C)c(N=Cc2cnccn2)c(C)c1O. The number of benzene rings is 1. The summed E-state index contributed by atoms with van der Waals surface area (Å²) in [5.41, 5.74) is 4.15. The van der Waals surface area contributed by atoms with Crippen LogP contribution in [0.2, 0.25) is 0 Å². The van der Waals surface area contributed by atoms with Gasteiger partial charge in [0.15, 0.2) is 0 Å². The molecule has 0 unspecified atom stereocenters. The molecule has 0 amide bonds. The molecule has 2 rings (SSSR count). The molecule has 0 spiro atoms. The van der Waals surface area contributed by atoms with Crippen molar-refractivity contribution in [2.45, 2.75) is 20.8 Å². The van der Waals surface area contributed by atoms with Gasteiger partial charge in [-0.1, -0.05) is 6.07 Å². The Labute approximate surface area is 106 Å². The number of nitrogens with zero attached hydrogens (tertiary/aromatic N) is 3. The molecule has 0 aliphatic rings. The van der Waals surface area contributed by atoms with Gasteiger partial charge in [0.1, 0.15) is 5.75 Å². The highest BCUT2D eigenvalue weighted by molar-refractivity contribution is 5.80. The van der Waals surface area contributed by atoms with Gasteiger partial charge in [-0.2, -0.15) is 0 Å². The molecule has 0 aliphatic heterocycles. The van der Waals surface area contributed by atoms with Crippen LogP contribution in [0.3, 0.4) is 0 Å². The van der Waals surface area contributed by atoms with Crippen LogP contribution in [0.15, 0.2) is 29.6 Å². The smallest absolute Gasteiger partial charge is 0.123 e. The maximum absolute atomic E-state index is 9.91. The van der Waals surface area contributed by atoms with Gasteiger partial charge in [0.25, 0.3) is 0 Å². The first kappa shape index (κ1) is 12.2. The van der Waals surface area contributed by atoms with Crippen molar-refractivity contribution in [1.29, 1.82) is 0 Å². The van der Waals surface area contributed by atoms with E-state index in [0.717, 1.165) is 22.4 Å². The van der Waals surface area contributed by atoms with Crippen molar-refractivity contribution in [3.05, 3.63) is 47.0 Å². The summed E-state index contributed by atoms with van der Waals surface area (Å²) in [6.07, 6.45) is 6.53. The first-order chi connectivity index (χ1) is 8.59. The van der Waals surface area contributed by atoms with Gasteiger partial charge in [0.2, 0.25) is 0 Å². The Kier molecular flexibility index (Phi) is 3.37. The third-order valence-corrected chi connectivity index (χ3v) is 2.80. The van der Waals surface area contributed by atoms with E-state index in [1.54, 1.807) is 24.8 Å². The first-order valence-corrected chi connectivity index (χ1v) is 5.69. The molecular weight excluding hydrogens is 226 g/mol. The second-order valence-corrected chi connectivity index (χ2v) is 4.22. The minimum absolute atomic E-state index is 0.298. The Hall–Kier alpha value is -2.23. The van der Waals surface area contributed by atoms with Crippen molar-refractivity contribution in [1.82, 2.24) is 9.97 Å². The fourth-order valence-corrected chi connectivity index (χ4v) is 1.87. The quantitative estimate of drug-likeness (QED) is 0.822. The van der Waals surface area contributed by atoms with Crippen LogP contribution in [-0.4, -0.2) is 21.3 Å². The number of phenols is 1. The normalized spacial score (nSPS) is 11.1. The number of phenolic OH excluding ortho intramolecular Hbond substituents is 1. The predicted molar refractivity (Wildman–Crippen MR) is 71.6 cm³/mol. The predicted octanol–water partition coefficient (Wildman–Crippen LogP) is 2.86. The molecule has 92 valence electrons. The summed E-state index contributed by atoms with van der Waals surface area (Å²) in [5.74, 6) is 0.298. The number of aromatic hydroxyl groups is 1. The molecule has 0 atom stereocenters. The molecule has 1 heterocycles. The van der Waals surface area contributed by atoms with E-state index in [-0.39, 0.29) is 0 Å². The number of hydrogen-bond donors (Lipinski definition) is 1. The molecule has 1 aromatic carbocycles. The van der Waals surface area contributed by atoms with Gasteiger partial charge >= 0.3 is 0 Å². The van der Waals surface area contributed by atoms with Crippen molar-refractivity contribution < 1.29 is 5.11 Å². The van der Waals surface area contributed by atoms with E-state index in [9.17, 15) is 5.11 Å². The minimum atomic E-state index is 0.298. The van der Waals surface area contributed by atoms with E-state index in [4.69, 9.17) is 0 Å². The Bertz CT molecular complexity index is 592. The molecule has 0 saturated heterocycles. The number of rotatable bonds is 2. The minimum Gasteiger partial charge on any atom is -0.507 e. The third kappa shape index (κ3) is 2.37. The maximum atomic E-state index is 9.91. The summed E-state index contributed by atoms with van der Waals surface area (Å²) in [4.78, 5) is 12.5. The molecule has 0 fully saturated rings. The standard InChI is InChI=1S/C14H15N3O/c1-9-6-10(2)14(18)11(3)13(9)17-8-12-7-15-4-5-16-12/h4-8,18H,1-3H3. The van der Waals surface area contributed by atoms with E-state index in [0.29, 0.717) is 11.4 Å². The zero-order valence-corrected chi connectivity index (χ0v) is 10.7. The maximum Gasteiger partial charge on any atom is 0.123 e. The fraction of sp³-hybridized carbons (Fsp3) is 0.214. The molecule has 1 aromatic heterocycles. The average molecular weight is 241 g/mol. The summed E-state index contributed by atoms with van der Waals surface area (Å²) in [6, 6.07) is 1.92. The summed E-state index contributed by atoms with van der Waals surface area (Å²) < 4.78 is 0. The highest BCUT2D eigenvalue weighted by Gasteiger charge is 2.08. The molecule has 0 bridgehead atoms. The number of aryl methyl sites for hydroxylation is 2. The molecule has 18 heavy (non-hydrogen) atoms. The Morgan fingerprint density at radius 2 is 1.94 bits per heavy atom. The summed E-state index contributed by atoms with van der Waals surface area (Å²) in [7, 11) is 0. The van der Waals surface area contributed by atoms with Crippen molar-refractivity contribution >= 4 is 11.9 Å². The molecule has 0 saturated carbocycles. The van der Waals surface area contributed by atoms with Gasteiger partial charge in [0, 0.05) is 18.0 Å².